The SMILES string of the molecule is C=CCc1ccc(OCC(O)CNC(C)c2ccc(F)cc2F)c(OC)c1. The Hall–Kier alpha value is -2.44. The van der Waals surface area contributed by atoms with Crippen molar-refractivity contribution in [2.75, 3.05) is 20.3 Å². The molecule has 0 saturated heterocycles. The maximum atomic E-state index is 13.8. The van der Waals surface area contributed by atoms with Crippen LogP contribution in [-0.2, 0) is 6.42 Å². The van der Waals surface area contributed by atoms with Gasteiger partial charge in [0.2, 0.25) is 0 Å². The molecule has 0 fully saturated rings. The van der Waals surface area contributed by atoms with E-state index in [0.717, 1.165) is 18.1 Å². The molecule has 0 aliphatic rings. The van der Waals surface area contributed by atoms with Crippen molar-refractivity contribution in [2.45, 2.75) is 25.5 Å². The van der Waals surface area contributed by atoms with Crippen molar-refractivity contribution in [3.63, 3.8) is 0 Å². The smallest absolute Gasteiger partial charge is 0.161 e. The molecule has 0 aliphatic carbocycles. The summed E-state index contributed by atoms with van der Waals surface area (Å²) in [5.41, 5.74) is 1.38. The topological polar surface area (TPSA) is 50.7 Å². The van der Waals surface area contributed by atoms with Crippen LogP contribution in [0.5, 0.6) is 11.5 Å². The highest BCUT2D eigenvalue weighted by Crippen LogP contribution is 2.28. The van der Waals surface area contributed by atoms with E-state index in [-0.39, 0.29) is 19.2 Å². The van der Waals surface area contributed by atoms with Crippen molar-refractivity contribution in [1.29, 1.82) is 0 Å². The van der Waals surface area contributed by atoms with Crippen LogP contribution in [0.4, 0.5) is 8.78 Å². The van der Waals surface area contributed by atoms with Gasteiger partial charge in [-0.15, -0.1) is 6.58 Å². The molecule has 0 radical (unpaired) electrons. The highest BCUT2D eigenvalue weighted by molar-refractivity contribution is 5.43. The first-order chi connectivity index (χ1) is 12.9. The largest absolute Gasteiger partial charge is 0.493 e. The van der Waals surface area contributed by atoms with Gasteiger partial charge in [0.25, 0.3) is 0 Å². The number of methoxy groups -OCH3 is 1. The Kier molecular flexibility index (Phi) is 7.76. The zero-order valence-corrected chi connectivity index (χ0v) is 15.5. The predicted molar refractivity (Wildman–Crippen MR) is 101 cm³/mol. The average Bonchev–Trinajstić information content (AvgIpc) is 2.65. The van der Waals surface area contributed by atoms with E-state index in [1.54, 1.807) is 26.2 Å². The molecule has 2 aromatic rings. The van der Waals surface area contributed by atoms with Crippen LogP contribution >= 0.6 is 0 Å². The minimum Gasteiger partial charge on any atom is -0.493 e. The molecular formula is C21H25F2NO3. The van der Waals surface area contributed by atoms with Crippen LogP contribution < -0.4 is 14.8 Å². The second-order valence-electron chi connectivity index (χ2n) is 6.24. The highest BCUT2D eigenvalue weighted by Gasteiger charge is 2.14. The second-order valence-corrected chi connectivity index (χ2v) is 6.24. The number of hydrogen-bond acceptors (Lipinski definition) is 4. The normalized spacial score (nSPS) is 13.1. The summed E-state index contributed by atoms with van der Waals surface area (Å²) in [6, 6.07) is 8.61. The summed E-state index contributed by atoms with van der Waals surface area (Å²) in [6.45, 7) is 5.68. The fourth-order valence-corrected chi connectivity index (χ4v) is 2.65. The molecule has 146 valence electrons. The van der Waals surface area contributed by atoms with Gasteiger partial charge < -0.3 is 19.9 Å². The first-order valence-electron chi connectivity index (χ1n) is 8.71. The maximum Gasteiger partial charge on any atom is 0.161 e. The Morgan fingerprint density at radius 1 is 1.19 bits per heavy atom. The van der Waals surface area contributed by atoms with Crippen molar-refractivity contribution in [1.82, 2.24) is 5.32 Å². The molecule has 2 N–H and O–H groups in total. The molecule has 2 aromatic carbocycles. The van der Waals surface area contributed by atoms with Crippen LogP contribution in [0, 0.1) is 11.6 Å². The molecule has 0 aromatic heterocycles. The van der Waals surface area contributed by atoms with Gasteiger partial charge in [0.1, 0.15) is 24.3 Å². The summed E-state index contributed by atoms with van der Waals surface area (Å²) in [6.07, 6.45) is 1.71. The summed E-state index contributed by atoms with van der Waals surface area (Å²) >= 11 is 0. The summed E-state index contributed by atoms with van der Waals surface area (Å²) in [7, 11) is 1.55. The van der Waals surface area contributed by atoms with Crippen LogP contribution in [0.1, 0.15) is 24.1 Å². The number of ether oxygens (including phenoxy) is 2. The predicted octanol–water partition coefficient (Wildman–Crippen LogP) is 3.79. The zero-order valence-electron chi connectivity index (χ0n) is 15.5. The number of allylic oxidation sites excluding steroid dienone is 1. The number of aliphatic hydroxyl groups is 1. The van der Waals surface area contributed by atoms with Crippen LogP contribution in [0.25, 0.3) is 0 Å². The maximum absolute atomic E-state index is 13.8. The van der Waals surface area contributed by atoms with Crippen LogP contribution in [0.3, 0.4) is 0 Å². The van der Waals surface area contributed by atoms with E-state index in [1.807, 2.05) is 12.1 Å². The van der Waals surface area contributed by atoms with Gasteiger partial charge in [-0.05, 0) is 37.1 Å². The third-order valence-corrected chi connectivity index (χ3v) is 4.13. The van der Waals surface area contributed by atoms with Crippen molar-refractivity contribution < 1.29 is 23.4 Å². The molecule has 0 aliphatic heterocycles. The van der Waals surface area contributed by atoms with E-state index >= 15 is 0 Å². The standard InChI is InChI=1S/C21H25F2NO3/c1-4-5-15-6-9-20(21(10-15)26-3)27-13-17(25)12-24-14(2)18-8-7-16(22)11-19(18)23/h4,6-11,14,17,24-25H,1,5,12-13H2,2-3H3. The first-order valence-corrected chi connectivity index (χ1v) is 8.71. The number of benzene rings is 2. The summed E-state index contributed by atoms with van der Waals surface area (Å²) in [4.78, 5) is 0. The molecule has 0 spiro atoms. The van der Waals surface area contributed by atoms with Gasteiger partial charge in [-0.1, -0.05) is 18.2 Å². The van der Waals surface area contributed by atoms with Crippen molar-refractivity contribution in [2.24, 2.45) is 0 Å². The van der Waals surface area contributed by atoms with E-state index in [2.05, 4.69) is 11.9 Å². The molecule has 2 rings (SSSR count). The summed E-state index contributed by atoms with van der Waals surface area (Å²) in [5.74, 6) is -0.131. The van der Waals surface area contributed by atoms with Gasteiger partial charge in [0.05, 0.1) is 7.11 Å². The second kappa shape index (κ2) is 10.0. The number of nitrogens with one attached hydrogen (secondary N) is 1. The Morgan fingerprint density at radius 3 is 2.63 bits per heavy atom. The average molecular weight is 377 g/mol. The third kappa shape index (κ3) is 6.05. The molecular weight excluding hydrogens is 352 g/mol. The van der Waals surface area contributed by atoms with E-state index in [4.69, 9.17) is 9.47 Å². The lowest BCUT2D eigenvalue weighted by Crippen LogP contribution is -2.33. The lowest BCUT2D eigenvalue weighted by atomic mass is 10.1. The van der Waals surface area contributed by atoms with E-state index in [9.17, 15) is 13.9 Å². The van der Waals surface area contributed by atoms with Crippen LogP contribution in [0.15, 0.2) is 49.1 Å². The van der Waals surface area contributed by atoms with Crippen LogP contribution in [0.2, 0.25) is 0 Å². The Labute approximate surface area is 158 Å². The fraction of sp³-hybridized carbons (Fsp3) is 0.333. The molecule has 2 unspecified atom stereocenters. The highest BCUT2D eigenvalue weighted by atomic mass is 19.1. The number of halogens is 2. The van der Waals surface area contributed by atoms with E-state index in [1.165, 1.54) is 12.1 Å². The molecule has 27 heavy (non-hydrogen) atoms. The Morgan fingerprint density at radius 2 is 1.96 bits per heavy atom. The van der Waals surface area contributed by atoms with Crippen LogP contribution in [-0.4, -0.2) is 31.5 Å². The van der Waals surface area contributed by atoms with Crippen molar-refractivity contribution in [3.8, 4) is 11.5 Å². The molecule has 4 nitrogen and oxygen atoms in total. The van der Waals surface area contributed by atoms with E-state index in [0.29, 0.717) is 17.1 Å². The zero-order chi connectivity index (χ0) is 19.8. The molecule has 0 bridgehead atoms. The fourth-order valence-electron chi connectivity index (χ4n) is 2.65. The minimum absolute atomic E-state index is 0.0444. The quantitative estimate of drug-likeness (QED) is 0.619. The summed E-state index contributed by atoms with van der Waals surface area (Å²) < 4.78 is 37.7. The van der Waals surface area contributed by atoms with Gasteiger partial charge in [-0.2, -0.15) is 0 Å². The van der Waals surface area contributed by atoms with Gasteiger partial charge >= 0.3 is 0 Å². The third-order valence-electron chi connectivity index (χ3n) is 4.13. The number of aliphatic hydroxyl groups excluding tert-OH is 1. The molecule has 0 saturated carbocycles. The number of rotatable bonds is 10. The first kappa shape index (κ1) is 20.9. The van der Waals surface area contributed by atoms with Gasteiger partial charge in [0, 0.05) is 24.2 Å². The lowest BCUT2D eigenvalue weighted by molar-refractivity contribution is 0.102. The van der Waals surface area contributed by atoms with Gasteiger partial charge in [-0.25, -0.2) is 8.78 Å². The van der Waals surface area contributed by atoms with E-state index < -0.39 is 17.7 Å². The van der Waals surface area contributed by atoms with Gasteiger partial charge in [-0.3, -0.25) is 0 Å². The van der Waals surface area contributed by atoms with Crippen molar-refractivity contribution in [3.05, 3.63) is 71.8 Å². The molecule has 0 heterocycles. The van der Waals surface area contributed by atoms with Gasteiger partial charge in [0.15, 0.2) is 11.5 Å². The molecule has 6 heteroatoms. The monoisotopic (exact) mass is 377 g/mol. The molecule has 2 atom stereocenters. The Bertz CT molecular complexity index is 767. The minimum atomic E-state index is -0.812. The number of hydrogen-bond donors (Lipinski definition) is 2. The van der Waals surface area contributed by atoms with Crippen molar-refractivity contribution >= 4 is 0 Å². The molecule has 0 amide bonds. The lowest BCUT2D eigenvalue weighted by Gasteiger charge is -2.19. The Balaban J connectivity index is 1.87. The summed E-state index contributed by atoms with van der Waals surface area (Å²) in [5, 5.41) is 13.1.